The van der Waals surface area contributed by atoms with Crippen molar-refractivity contribution in [2.75, 3.05) is 6.61 Å². The van der Waals surface area contributed by atoms with E-state index in [9.17, 15) is 4.79 Å². The van der Waals surface area contributed by atoms with Crippen molar-refractivity contribution < 1.29 is 19.0 Å². The lowest BCUT2D eigenvalue weighted by molar-refractivity contribution is 0.101. The highest BCUT2D eigenvalue weighted by Crippen LogP contribution is 2.35. The molecule has 0 aromatic heterocycles. The first-order chi connectivity index (χ1) is 14.1. The molecule has 0 aliphatic carbocycles. The number of halogens is 1. The van der Waals surface area contributed by atoms with Crippen LogP contribution in [0.2, 0.25) is 5.02 Å². The zero-order valence-corrected chi connectivity index (χ0v) is 16.6. The van der Waals surface area contributed by atoms with Crippen molar-refractivity contribution in [3.63, 3.8) is 0 Å². The van der Waals surface area contributed by atoms with Crippen LogP contribution >= 0.6 is 11.6 Å². The van der Waals surface area contributed by atoms with Crippen LogP contribution in [0.4, 0.5) is 0 Å². The van der Waals surface area contributed by atoms with Crippen molar-refractivity contribution >= 4 is 23.5 Å². The lowest BCUT2D eigenvalue weighted by Crippen LogP contribution is -1.98. The third-order valence-electron chi connectivity index (χ3n) is 4.45. The standard InChI is InChI=1S/C24H19ClO4/c1-2-27-19-9-5-16(6-10-19)13-23-24(26)21-12-11-20(14-22(21)29-23)28-15-17-3-7-18(25)8-4-17/h3-14H,2,15H2,1H3. The number of carbonyl (C=O) groups is 1. The molecule has 1 heterocycles. The Bertz CT molecular complexity index is 1050. The molecule has 4 rings (SSSR count). The fraction of sp³-hybridized carbons (Fsp3) is 0.125. The van der Waals surface area contributed by atoms with Crippen LogP contribution < -0.4 is 14.2 Å². The van der Waals surface area contributed by atoms with Crippen LogP contribution in [0.15, 0.2) is 72.5 Å². The summed E-state index contributed by atoms with van der Waals surface area (Å²) < 4.78 is 17.0. The summed E-state index contributed by atoms with van der Waals surface area (Å²) in [6.07, 6.45) is 1.73. The highest BCUT2D eigenvalue weighted by molar-refractivity contribution is 6.30. The molecule has 0 atom stereocenters. The van der Waals surface area contributed by atoms with E-state index in [0.717, 1.165) is 16.9 Å². The van der Waals surface area contributed by atoms with Gasteiger partial charge in [0.05, 0.1) is 12.2 Å². The minimum Gasteiger partial charge on any atom is -0.494 e. The van der Waals surface area contributed by atoms with E-state index < -0.39 is 0 Å². The minimum atomic E-state index is -0.141. The van der Waals surface area contributed by atoms with E-state index in [1.807, 2.05) is 55.5 Å². The number of allylic oxidation sites excluding steroid dienone is 1. The third-order valence-corrected chi connectivity index (χ3v) is 4.70. The molecule has 0 amide bonds. The van der Waals surface area contributed by atoms with Crippen LogP contribution in [-0.2, 0) is 6.61 Å². The molecule has 3 aromatic carbocycles. The number of fused-ring (bicyclic) bond motifs is 1. The normalized spacial score (nSPS) is 13.9. The number of Topliss-reactive ketones (excluding diaryl/α,β-unsaturated/α-hetero) is 1. The molecule has 0 fully saturated rings. The van der Waals surface area contributed by atoms with Gasteiger partial charge in [0, 0.05) is 11.1 Å². The molecule has 0 spiro atoms. The fourth-order valence-corrected chi connectivity index (χ4v) is 3.11. The Hall–Kier alpha value is -3.24. The van der Waals surface area contributed by atoms with Gasteiger partial charge in [-0.1, -0.05) is 35.9 Å². The van der Waals surface area contributed by atoms with Gasteiger partial charge in [-0.05, 0) is 60.5 Å². The highest BCUT2D eigenvalue weighted by atomic mass is 35.5. The Balaban J connectivity index is 1.47. The van der Waals surface area contributed by atoms with E-state index in [1.165, 1.54) is 0 Å². The molecule has 0 bridgehead atoms. The molecule has 0 unspecified atom stereocenters. The Labute approximate surface area is 174 Å². The Kier molecular flexibility index (Phi) is 5.54. The number of ketones is 1. The lowest BCUT2D eigenvalue weighted by atomic mass is 10.1. The van der Waals surface area contributed by atoms with Crippen LogP contribution in [0.25, 0.3) is 6.08 Å². The van der Waals surface area contributed by atoms with E-state index >= 15 is 0 Å². The zero-order valence-electron chi connectivity index (χ0n) is 15.9. The average molecular weight is 407 g/mol. The molecule has 0 radical (unpaired) electrons. The predicted molar refractivity (Wildman–Crippen MR) is 113 cm³/mol. The topological polar surface area (TPSA) is 44.8 Å². The van der Waals surface area contributed by atoms with Crippen LogP contribution in [0.1, 0.15) is 28.4 Å². The Morgan fingerprint density at radius 2 is 1.66 bits per heavy atom. The molecule has 0 N–H and O–H groups in total. The summed E-state index contributed by atoms with van der Waals surface area (Å²) in [4.78, 5) is 12.6. The molecule has 4 nitrogen and oxygen atoms in total. The molecule has 5 heteroatoms. The average Bonchev–Trinajstić information content (AvgIpc) is 3.04. The largest absolute Gasteiger partial charge is 0.494 e. The molecule has 3 aromatic rings. The van der Waals surface area contributed by atoms with Crippen molar-refractivity contribution in [2.24, 2.45) is 0 Å². The molecular formula is C24H19ClO4. The molecule has 0 saturated heterocycles. The predicted octanol–water partition coefficient (Wildman–Crippen LogP) is 5.93. The summed E-state index contributed by atoms with van der Waals surface area (Å²) in [6, 6.07) is 20.2. The molecular weight excluding hydrogens is 388 g/mol. The summed E-state index contributed by atoms with van der Waals surface area (Å²) in [6.45, 7) is 2.95. The summed E-state index contributed by atoms with van der Waals surface area (Å²) >= 11 is 5.90. The molecule has 29 heavy (non-hydrogen) atoms. The van der Waals surface area contributed by atoms with Crippen molar-refractivity contribution in [3.8, 4) is 17.2 Å². The lowest BCUT2D eigenvalue weighted by Gasteiger charge is -2.07. The van der Waals surface area contributed by atoms with Gasteiger partial charge in [-0.25, -0.2) is 0 Å². The number of hydrogen-bond acceptors (Lipinski definition) is 4. The van der Waals surface area contributed by atoms with Crippen LogP contribution in [-0.4, -0.2) is 12.4 Å². The molecule has 1 aliphatic rings. The number of rotatable bonds is 6. The summed E-state index contributed by atoms with van der Waals surface area (Å²) in [5.74, 6) is 2.07. The first-order valence-corrected chi connectivity index (χ1v) is 9.68. The summed E-state index contributed by atoms with van der Waals surface area (Å²) in [5.41, 5.74) is 2.40. The number of ether oxygens (including phenoxy) is 3. The molecule has 146 valence electrons. The quantitative estimate of drug-likeness (QED) is 0.475. The van der Waals surface area contributed by atoms with Crippen molar-refractivity contribution in [1.82, 2.24) is 0 Å². The minimum absolute atomic E-state index is 0.141. The first-order valence-electron chi connectivity index (χ1n) is 9.31. The Morgan fingerprint density at radius 3 is 2.38 bits per heavy atom. The SMILES string of the molecule is CCOc1ccc(C=C2Oc3cc(OCc4ccc(Cl)cc4)ccc3C2=O)cc1. The monoisotopic (exact) mass is 406 g/mol. The number of benzene rings is 3. The van der Waals surface area contributed by atoms with Gasteiger partial charge in [-0.15, -0.1) is 0 Å². The van der Waals surface area contributed by atoms with Gasteiger partial charge in [0.1, 0.15) is 23.9 Å². The van der Waals surface area contributed by atoms with Gasteiger partial charge < -0.3 is 14.2 Å². The second-order valence-electron chi connectivity index (χ2n) is 6.51. The maximum absolute atomic E-state index is 12.6. The Morgan fingerprint density at radius 1 is 0.931 bits per heavy atom. The van der Waals surface area contributed by atoms with Gasteiger partial charge in [0.2, 0.25) is 5.78 Å². The maximum atomic E-state index is 12.6. The van der Waals surface area contributed by atoms with Crippen LogP contribution in [0.3, 0.4) is 0 Å². The van der Waals surface area contributed by atoms with Crippen molar-refractivity contribution in [1.29, 1.82) is 0 Å². The van der Waals surface area contributed by atoms with Crippen LogP contribution in [0.5, 0.6) is 17.2 Å². The van der Waals surface area contributed by atoms with E-state index in [0.29, 0.717) is 41.1 Å². The zero-order chi connectivity index (χ0) is 20.2. The van der Waals surface area contributed by atoms with Crippen molar-refractivity contribution in [2.45, 2.75) is 13.5 Å². The third kappa shape index (κ3) is 4.44. The highest BCUT2D eigenvalue weighted by Gasteiger charge is 2.27. The molecule has 0 saturated carbocycles. The second kappa shape index (κ2) is 8.41. The number of carbonyl (C=O) groups excluding carboxylic acids is 1. The van der Waals surface area contributed by atoms with Crippen LogP contribution in [0, 0.1) is 0 Å². The van der Waals surface area contributed by atoms with Gasteiger partial charge in [0.15, 0.2) is 5.76 Å². The maximum Gasteiger partial charge on any atom is 0.231 e. The smallest absolute Gasteiger partial charge is 0.231 e. The van der Waals surface area contributed by atoms with E-state index in [2.05, 4.69) is 0 Å². The summed E-state index contributed by atoms with van der Waals surface area (Å²) in [5, 5.41) is 0.685. The van der Waals surface area contributed by atoms with Gasteiger partial charge in [-0.3, -0.25) is 4.79 Å². The molecule has 1 aliphatic heterocycles. The van der Waals surface area contributed by atoms with E-state index in [1.54, 1.807) is 24.3 Å². The van der Waals surface area contributed by atoms with E-state index in [-0.39, 0.29) is 5.78 Å². The van der Waals surface area contributed by atoms with Gasteiger partial charge in [-0.2, -0.15) is 0 Å². The first kappa shape index (κ1) is 19.1. The van der Waals surface area contributed by atoms with E-state index in [4.69, 9.17) is 25.8 Å². The van der Waals surface area contributed by atoms with Gasteiger partial charge in [0.25, 0.3) is 0 Å². The second-order valence-corrected chi connectivity index (χ2v) is 6.95. The number of hydrogen-bond donors (Lipinski definition) is 0. The fourth-order valence-electron chi connectivity index (χ4n) is 2.98. The van der Waals surface area contributed by atoms with Gasteiger partial charge >= 0.3 is 0 Å². The van der Waals surface area contributed by atoms with Crippen molar-refractivity contribution in [3.05, 3.63) is 94.2 Å². The summed E-state index contributed by atoms with van der Waals surface area (Å²) in [7, 11) is 0.